The highest BCUT2D eigenvalue weighted by atomic mass is 31.2. The molecule has 0 bridgehead atoms. The molecular weight excluding hydrogens is 253 g/mol. The first kappa shape index (κ1) is 12.6. The second-order valence-electron chi connectivity index (χ2n) is 3.79. The molecule has 0 amide bonds. The maximum Gasteiger partial charge on any atom is 0.357 e. The molecule has 0 saturated carbocycles. The Morgan fingerprint density at radius 1 is 1.11 bits per heavy atom. The van der Waals surface area contributed by atoms with E-state index in [0.717, 1.165) is 6.20 Å². The van der Waals surface area contributed by atoms with Crippen molar-refractivity contribution in [1.29, 1.82) is 0 Å². The lowest BCUT2D eigenvalue weighted by Crippen LogP contribution is -2.08. The van der Waals surface area contributed by atoms with E-state index < -0.39 is 7.60 Å². The third kappa shape index (κ3) is 2.51. The lowest BCUT2D eigenvalue weighted by Gasteiger charge is -2.09. The minimum Gasteiger partial charge on any atom is -0.399 e. The number of benzene rings is 1. The molecule has 0 unspecified atom stereocenters. The van der Waals surface area contributed by atoms with Crippen molar-refractivity contribution >= 4 is 24.4 Å². The van der Waals surface area contributed by atoms with Gasteiger partial charge >= 0.3 is 7.60 Å². The quantitative estimate of drug-likeness (QED) is 0.468. The van der Waals surface area contributed by atoms with Gasteiger partial charge < -0.3 is 21.3 Å². The van der Waals surface area contributed by atoms with Crippen LogP contribution in [-0.2, 0) is 4.57 Å². The largest absolute Gasteiger partial charge is 0.399 e. The Morgan fingerprint density at radius 2 is 1.72 bits per heavy atom. The molecule has 6 nitrogen and oxygen atoms in total. The molecule has 2 aromatic rings. The summed E-state index contributed by atoms with van der Waals surface area (Å²) >= 11 is 0. The van der Waals surface area contributed by atoms with E-state index >= 15 is 0 Å². The van der Waals surface area contributed by atoms with Crippen LogP contribution in [-0.4, -0.2) is 14.8 Å². The van der Waals surface area contributed by atoms with Crippen LogP contribution in [0, 0.1) is 0 Å². The number of nitrogens with two attached hydrogens (primary N) is 2. The normalized spacial score (nSPS) is 11.4. The van der Waals surface area contributed by atoms with Crippen LogP contribution in [0.5, 0.6) is 0 Å². The summed E-state index contributed by atoms with van der Waals surface area (Å²) in [5.41, 5.74) is 13.0. The van der Waals surface area contributed by atoms with E-state index in [0.29, 0.717) is 16.8 Å². The zero-order valence-corrected chi connectivity index (χ0v) is 10.2. The van der Waals surface area contributed by atoms with Gasteiger partial charge in [-0.3, -0.25) is 4.57 Å². The summed E-state index contributed by atoms with van der Waals surface area (Å²) in [6.45, 7) is 0. The Hall–Kier alpha value is -1.88. The molecule has 1 aromatic heterocycles. The Labute approximate surface area is 103 Å². The van der Waals surface area contributed by atoms with E-state index in [1.165, 1.54) is 6.07 Å². The fourth-order valence-electron chi connectivity index (χ4n) is 1.52. The predicted molar refractivity (Wildman–Crippen MR) is 70.2 cm³/mol. The van der Waals surface area contributed by atoms with Gasteiger partial charge in [0.15, 0.2) is 0 Å². The molecule has 0 atom stereocenters. The average Bonchev–Trinajstić information content (AvgIpc) is 2.29. The second-order valence-corrected chi connectivity index (χ2v) is 5.40. The van der Waals surface area contributed by atoms with E-state index in [1.54, 1.807) is 24.3 Å². The van der Waals surface area contributed by atoms with E-state index in [1.807, 2.05) is 0 Å². The molecule has 18 heavy (non-hydrogen) atoms. The molecule has 2 rings (SSSR count). The van der Waals surface area contributed by atoms with Crippen molar-refractivity contribution in [2.24, 2.45) is 0 Å². The van der Waals surface area contributed by atoms with E-state index in [9.17, 15) is 4.57 Å². The highest BCUT2D eigenvalue weighted by Crippen LogP contribution is 2.35. The van der Waals surface area contributed by atoms with Gasteiger partial charge in [0, 0.05) is 17.4 Å². The summed E-state index contributed by atoms with van der Waals surface area (Å²) in [6, 6.07) is 8.13. The van der Waals surface area contributed by atoms with Crippen molar-refractivity contribution in [3.63, 3.8) is 0 Å². The minimum atomic E-state index is -4.34. The van der Waals surface area contributed by atoms with Crippen LogP contribution in [0.2, 0.25) is 0 Å². The van der Waals surface area contributed by atoms with Gasteiger partial charge in [0.2, 0.25) is 0 Å². The molecule has 1 heterocycles. The van der Waals surface area contributed by atoms with E-state index in [2.05, 4.69) is 4.98 Å². The van der Waals surface area contributed by atoms with E-state index in [-0.39, 0.29) is 11.1 Å². The summed E-state index contributed by atoms with van der Waals surface area (Å²) in [5.74, 6) is 0.206. The molecule has 0 fully saturated rings. The van der Waals surface area contributed by atoms with Gasteiger partial charge in [0.05, 0.1) is 5.30 Å². The molecule has 7 heteroatoms. The molecule has 0 aliphatic heterocycles. The number of aromatic nitrogens is 1. The number of rotatable bonds is 2. The minimum absolute atomic E-state index is 0.163. The monoisotopic (exact) mass is 265 g/mol. The van der Waals surface area contributed by atoms with Crippen molar-refractivity contribution in [2.45, 2.75) is 0 Å². The topological polar surface area (TPSA) is 122 Å². The standard InChI is InChI=1S/C11H12N3O3P/c12-8-3-1-7(2-4-8)10-5-9(18(15,16)17)6-14-11(10)13/h1-6H,12H2,(H2,13,14)(H2,15,16,17). The molecule has 0 radical (unpaired) electrons. The molecule has 0 saturated heterocycles. The van der Waals surface area contributed by atoms with Crippen molar-refractivity contribution < 1.29 is 14.4 Å². The number of hydrogen-bond acceptors (Lipinski definition) is 4. The molecule has 0 aliphatic rings. The summed E-state index contributed by atoms with van der Waals surface area (Å²) in [6.07, 6.45) is 1.08. The van der Waals surface area contributed by atoms with Crippen molar-refractivity contribution in [2.75, 3.05) is 11.5 Å². The molecule has 6 N–H and O–H groups in total. The van der Waals surface area contributed by atoms with Crippen LogP contribution >= 0.6 is 7.60 Å². The SMILES string of the molecule is Nc1ccc(-c2cc(P(=O)(O)O)cnc2N)cc1. The van der Waals surface area contributed by atoms with Crippen molar-refractivity contribution in [3.05, 3.63) is 36.5 Å². The first-order valence-electron chi connectivity index (χ1n) is 5.05. The average molecular weight is 265 g/mol. The zero-order chi connectivity index (χ0) is 13.3. The maximum absolute atomic E-state index is 11.2. The molecule has 94 valence electrons. The summed E-state index contributed by atoms with van der Waals surface area (Å²) in [5, 5.41) is -0.163. The zero-order valence-electron chi connectivity index (χ0n) is 9.32. The van der Waals surface area contributed by atoms with Crippen LogP contribution in [0.25, 0.3) is 11.1 Å². The third-order valence-corrected chi connectivity index (χ3v) is 3.38. The van der Waals surface area contributed by atoms with Crippen molar-refractivity contribution in [3.8, 4) is 11.1 Å². The van der Waals surface area contributed by atoms with Gasteiger partial charge in [-0.15, -0.1) is 0 Å². The van der Waals surface area contributed by atoms with Crippen LogP contribution in [0.15, 0.2) is 36.5 Å². The summed E-state index contributed by atoms with van der Waals surface area (Å²) in [7, 11) is -4.34. The van der Waals surface area contributed by atoms with Gasteiger partial charge in [0.25, 0.3) is 0 Å². The number of pyridine rings is 1. The Balaban J connectivity index is 2.57. The molecule has 0 spiro atoms. The fraction of sp³-hybridized carbons (Fsp3) is 0. The number of nitrogen functional groups attached to an aromatic ring is 2. The Bertz CT molecular complexity index is 622. The van der Waals surface area contributed by atoms with Gasteiger partial charge in [-0.05, 0) is 23.8 Å². The van der Waals surface area contributed by atoms with Gasteiger partial charge in [0.1, 0.15) is 5.82 Å². The Kier molecular flexibility index (Phi) is 3.09. The van der Waals surface area contributed by atoms with E-state index in [4.69, 9.17) is 21.3 Å². The maximum atomic E-state index is 11.2. The fourth-order valence-corrected chi connectivity index (χ4v) is 2.02. The Morgan fingerprint density at radius 3 is 2.28 bits per heavy atom. The van der Waals surface area contributed by atoms with Crippen LogP contribution < -0.4 is 16.8 Å². The number of nitrogens with zero attached hydrogens (tertiary/aromatic N) is 1. The molecule has 1 aromatic carbocycles. The first-order valence-corrected chi connectivity index (χ1v) is 6.67. The second kappa shape index (κ2) is 4.42. The third-order valence-electron chi connectivity index (χ3n) is 2.46. The number of anilines is 2. The molecule has 0 aliphatic carbocycles. The van der Waals surface area contributed by atoms with Gasteiger partial charge in [-0.2, -0.15) is 0 Å². The highest BCUT2D eigenvalue weighted by Gasteiger charge is 2.19. The smallest absolute Gasteiger partial charge is 0.357 e. The summed E-state index contributed by atoms with van der Waals surface area (Å²) < 4.78 is 11.2. The van der Waals surface area contributed by atoms with Crippen LogP contribution in [0.1, 0.15) is 0 Å². The number of hydrogen-bond donors (Lipinski definition) is 4. The lowest BCUT2D eigenvalue weighted by atomic mass is 10.1. The molecular formula is C11H12N3O3P. The highest BCUT2D eigenvalue weighted by molar-refractivity contribution is 7.60. The van der Waals surface area contributed by atoms with Gasteiger partial charge in [-0.1, -0.05) is 12.1 Å². The lowest BCUT2D eigenvalue weighted by molar-refractivity contribution is 0.387. The van der Waals surface area contributed by atoms with Crippen LogP contribution in [0.3, 0.4) is 0 Å². The first-order chi connectivity index (χ1) is 8.38. The van der Waals surface area contributed by atoms with Crippen LogP contribution in [0.4, 0.5) is 11.5 Å². The van der Waals surface area contributed by atoms with Gasteiger partial charge in [-0.25, -0.2) is 4.98 Å². The summed E-state index contributed by atoms with van der Waals surface area (Å²) in [4.78, 5) is 22.0. The predicted octanol–water partition coefficient (Wildman–Crippen LogP) is 0.716. The van der Waals surface area contributed by atoms with Crippen molar-refractivity contribution in [1.82, 2.24) is 4.98 Å².